The minimum Gasteiger partial charge on any atom is -0.370 e. The molecular formula is C12H16N2OS. The van der Waals surface area contributed by atoms with E-state index in [-0.39, 0.29) is 5.91 Å². The predicted octanol–water partition coefficient (Wildman–Crippen LogP) is 1.17. The predicted molar refractivity (Wildman–Crippen MR) is 66.5 cm³/mol. The number of amides is 1. The first-order chi connectivity index (χ1) is 7.75. The average molecular weight is 236 g/mol. The van der Waals surface area contributed by atoms with Crippen LogP contribution in [0.5, 0.6) is 0 Å². The van der Waals surface area contributed by atoms with Crippen molar-refractivity contribution in [3.63, 3.8) is 0 Å². The Balaban J connectivity index is 1.73. The van der Waals surface area contributed by atoms with Crippen molar-refractivity contribution in [3.05, 3.63) is 29.8 Å². The first kappa shape index (κ1) is 11.5. The average Bonchev–Trinajstić information content (AvgIpc) is 2.66. The van der Waals surface area contributed by atoms with Gasteiger partial charge in [0.25, 0.3) is 0 Å². The Morgan fingerprint density at radius 1 is 1.50 bits per heavy atom. The van der Waals surface area contributed by atoms with Gasteiger partial charge in [-0.05, 0) is 18.1 Å². The van der Waals surface area contributed by atoms with Crippen LogP contribution < -0.4 is 11.1 Å². The molecule has 2 rings (SSSR count). The number of rotatable bonds is 5. The largest absolute Gasteiger partial charge is 0.370 e. The topological polar surface area (TPSA) is 55.1 Å². The van der Waals surface area contributed by atoms with Gasteiger partial charge in [-0.1, -0.05) is 18.2 Å². The normalized spacial score (nSPS) is 18.4. The van der Waals surface area contributed by atoms with E-state index in [1.165, 1.54) is 10.5 Å². The lowest BCUT2D eigenvalue weighted by Crippen LogP contribution is -2.28. The van der Waals surface area contributed by atoms with Crippen molar-refractivity contribution in [2.24, 2.45) is 5.73 Å². The summed E-state index contributed by atoms with van der Waals surface area (Å²) in [7, 11) is 0. The Kier molecular flexibility index (Phi) is 3.85. The zero-order chi connectivity index (χ0) is 11.4. The van der Waals surface area contributed by atoms with E-state index in [2.05, 4.69) is 29.6 Å². The van der Waals surface area contributed by atoms with Crippen LogP contribution in [0.3, 0.4) is 0 Å². The Hall–Kier alpha value is -1.00. The molecule has 16 heavy (non-hydrogen) atoms. The maximum atomic E-state index is 10.6. The van der Waals surface area contributed by atoms with Gasteiger partial charge in [0.15, 0.2) is 0 Å². The van der Waals surface area contributed by atoms with Crippen LogP contribution in [0, 0.1) is 0 Å². The van der Waals surface area contributed by atoms with Crippen LogP contribution in [0.25, 0.3) is 0 Å². The number of hydrogen-bond acceptors (Lipinski definition) is 3. The number of primary amides is 1. The molecule has 1 aliphatic heterocycles. The van der Waals surface area contributed by atoms with Gasteiger partial charge in [0.2, 0.25) is 5.91 Å². The summed E-state index contributed by atoms with van der Waals surface area (Å²) >= 11 is 1.92. The second kappa shape index (κ2) is 5.37. The zero-order valence-electron chi connectivity index (χ0n) is 9.11. The molecule has 0 aliphatic carbocycles. The van der Waals surface area contributed by atoms with Crippen LogP contribution in [0.15, 0.2) is 29.2 Å². The number of nitrogens with one attached hydrogen (secondary N) is 1. The molecule has 0 fully saturated rings. The minimum absolute atomic E-state index is 0.241. The molecular weight excluding hydrogens is 220 g/mol. The van der Waals surface area contributed by atoms with E-state index < -0.39 is 0 Å². The fourth-order valence-electron chi connectivity index (χ4n) is 1.84. The third-order valence-corrected chi connectivity index (χ3v) is 3.95. The molecule has 0 bridgehead atoms. The Labute approximate surface area is 99.8 Å². The highest BCUT2D eigenvalue weighted by atomic mass is 32.2. The van der Waals surface area contributed by atoms with Crippen LogP contribution in [-0.4, -0.2) is 24.2 Å². The molecule has 0 radical (unpaired) electrons. The summed E-state index contributed by atoms with van der Waals surface area (Å²) in [5, 5.41) is 3.86. The van der Waals surface area contributed by atoms with Crippen LogP contribution >= 0.6 is 11.8 Å². The monoisotopic (exact) mass is 236 g/mol. The molecule has 3 nitrogen and oxygen atoms in total. The molecule has 1 unspecified atom stereocenters. The fraction of sp³-hybridized carbons (Fsp3) is 0.417. The minimum atomic E-state index is -0.241. The molecule has 0 saturated heterocycles. The highest BCUT2D eigenvalue weighted by molar-refractivity contribution is 8.00. The summed E-state index contributed by atoms with van der Waals surface area (Å²) in [6.07, 6.45) is 1.54. The molecule has 1 atom stereocenters. The van der Waals surface area contributed by atoms with E-state index in [0.29, 0.717) is 18.2 Å². The first-order valence-corrected chi connectivity index (χ1v) is 6.37. The van der Waals surface area contributed by atoms with Crippen LogP contribution in [0.1, 0.15) is 12.0 Å². The van der Waals surface area contributed by atoms with Gasteiger partial charge >= 0.3 is 0 Å². The maximum absolute atomic E-state index is 10.6. The molecule has 0 saturated carbocycles. The van der Waals surface area contributed by atoms with E-state index in [1.54, 1.807) is 0 Å². The summed E-state index contributed by atoms with van der Waals surface area (Å²) in [4.78, 5) is 11.9. The quantitative estimate of drug-likeness (QED) is 0.755. The summed E-state index contributed by atoms with van der Waals surface area (Å²) in [5.74, 6) is -0.241. The lowest BCUT2D eigenvalue weighted by molar-refractivity contribution is -0.117. The molecule has 0 spiro atoms. The van der Waals surface area contributed by atoms with Crippen LogP contribution in [0.2, 0.25) is 0 Å². The van der Waals surface area contributed by atoms with Gasteiger partial charge in [-0.3, -0.25) is 4.79 Å². The Morgan fingerprint density at radius 2 is 2.31 bits per heavy atom. The van der Waals surface area contributed by atoms with E-state index in [0.717, 1.165) is 13.0 Å². The lowest BCUT2D eigenvalue weighted by Gasteiger charge is -2.08. The Bertz CT molecular complexity index is 356. The van der Waals surface area contributed by atoms with Crippen molar-refractivity contribution >= 4 is 17.7 Å². The van der Waals surface area contributed by atoms with Gasteiger partial charge in [-0.2, -0.15) is 0 Å². The maximum Gasteiger partial charge on any atom is 0.218 e. The van der Waals surface area contributed by atoms with Gasteiger partial charge < -0.3 is 11.1 Å². The summed E-state index contributed by atoms with van der Waals surface area (Å²) in [5.41, 5.74) is 6.51. The van der Waals surface area contributed by atoms with E-state index in [9.17, 15) is 4.79 Å². The number of carbonyl (C=O) groups is 1. The van der Waals surface area contributed by atoms with Crippen LogP contribution in [-0.2, 0) is 11.2 Å². The molecule has 1 aromatic carbocycles. The number of nitrogens with two attached hydrogens (primary N) is 1. The van der Waals surface area contributed by atoms with Crippen molar-refractivity contribution in [2.75, 3.05) is 13.1 Å². The lowest BCUT2D eigenvalue weighted by atomic mass is 10.1. The van der Waals surface area contributed by atoms with Crippen molar-refractivity contribution in [1.82, 2.24) is 5.32 Å². The second-order valence-corrected chi connectivity index (χ2v) is 5.31. The van der Waals surface area contributed by atoms with Crippen molar-refractivity contribution in [1.29, 1.82) is 0 Å². The Morgan fingerprint density at radius 3 is 3.06 bits per heavy atom. The summed E-state index contributed by atoms with van der Waals surface area (Å²) in [6, 6.07) is 8.52. The molecule has 1 heterocycles. The molecule has 86 valence electrons. The zero-order valence-corrected chi connectivity index (χ0v) is 9.93. The molecule has 3 N–H and O–H groups in total. The third kappa shape index (κ3) is 3.00. The first-order valence-electron chi connectivity index (χ1n) is 5.49. The molecule has 0 aromatic heterocycles. The molecule has 1 aromatic rings. The van der Waals surface area contributed by atoms with Gasteiger partial charge in [0, 0.05) is 29.7 Å². The van der Waals surface area contributed by atoms with Gasteiger partial charge in [-0.25, -0.2) is 0 Å². The van der Waals surface area contributed by atoms with E-state index in [1.807, 2.05) is 11.8 Å². The number of hydrogen-bond donors (Lipinski definition) is 2. The highest BCUT2D eigenvalue weighted by Gasteiger charge is 2.20. The smallest absolute Gasteiger partial charge is 0.218 e. The van der Waals surface area contributed by atoms with E-state index >= 15 is 0 Å². The summed E-state index contributed by atoms with van der Waals surface area (Å²) < 4.78 is 0. The molecule has 1 amide bonds. The fourth-order valence-corrected chi connectivity index (χ4v) is 3.13. The number of fused-ring (bicyclic) bond motifs is 1. The third-order valence-electron chi connectivity index (χ3n) is 2.63. The van der Waals surface area contributed by atoms with E-state index in [4.69, 9.17) is 5.73 Å². The van der Waals surface area contributed by atoms with Crippen molar-refractivity contribution < 1.29 is 4.79 Å². The number of thioether (sulfide) groups is 1. The molecule has 4 heteroatoms. The van der Waals surface area contributed by atoms with Gasteiger partial charge in [0.1, 0.15) is 0 Å². The number of carbonyl (C=O) groups excluding carboxylic acids is 1. The van der Waals surface area contributed by atoms with Gasteiger partial charge in [-0.15, -0.1) is 11.8 Å². The molecule has 1 aliphatic rings. The SMILES string of the molecule is NC(=O)CCNCC1Cc2ccccc2S1. The second-order valence-electron chi connectivity index (χ2n) is 3.97. The standard InChI is InChI=1S/C12H16N2OS/c13-12(15)5-6-14-8-10-7-9-3-1-2-4-11(9)16-10/h1-4,10,14H,5-8H2,(H2,13,15). The van der Waals surface area contributed by atoms with Gasteiger partial charge in [0.05, 0.1) is 0 Å². The number of benzene rings is 1. The summed E-state index contributed by atoms with van der Waals surface area (Å²) in [6.45, 7) is 1.62. The van der Waals surface area contributed by atoms with Crippen molar-refractivity contribution in [3.8, 4) is 0 Å². The highest BCUT2D eigenvalue weighted by Crippen LogP contribution is 2.36. The van der Waals surface area contributed by atoms with Crippen LogP contribution in [0.4, 0.5) is 0 Å². The van der Waals surface area contributed by atoms with Crippen molar-refractivity contribution in [2.45, 2.75) is 23.0 Å².